The molecule has 0 spiro atoms. The van der Waals surface area contributed by atoms with Gasteiger partial charge in [0.1, 0.15) is 0 Å². The van der Waals surface area contributed by atoms with E-state index in [0.29, 0.717) is 25.0 Å². The number of nitrogens with two attached hydrogens (primary N) is 1. The Balaban J connectivity index is 1.93. The van der Waals surface area contributed by atoms with Crippen molar-refractivity contribution in [2.45, 2.75) is 70.2 Å². The van der Waals surface area contributed by atoms with E-state index < -0.39 is 11.9 Å². The fraction of sp³-hybridized carbons (Fsp3) is 1.00. The summed E-state index contributed by atoms with van der Waals surface area (Å²) in [5.41, 5.74) is 5.06. The fourth-order valence-corrected chi connectivity index (χ4v) is 4.83. The molecule has 2 aliphatic heterocycles. The molecule has 0 aromatic carbocycles. The molecule has 1 aliphatic carbocycles. The van der Waals surface area contributed by atoms with Crippen LogP contribution in [0.3, 0.4) is 0 Å². The Kier molecular flexibility index (Phi) is 5.61. The third-order valence-electron chi connectivity index (χ3n) is 5.88. The van der Waals surface area contributed by atoms with Gasteiger partial charge in [-0.1, -0.05) is 13.3 Å². The third kappa shape index (κ3) is 3.05. The fourth-order valence-electron chi connectivity index (χ4n) is 4.83. The highest BCUT2D eigenvalue weighted by Gasteiger charge is 2.63. The van der Waals surface area contributed by atoms with Crippen molar-refractivity contribution in [1.82, 2.24) is 0 Å². The van der Waals surface area contributed by atoms with E-state index >= 15 is 0 Å². The first-order valence-corrected chi connectivity index (χ1v) is 8.97. The van der Waals surface area contributed by atoms with Gasteiger partial charge in [0.25, 0.3) is 0 Å². The van der Waals surface area contributed by atoms with Crippen LogP contribution in [0.25, 0.3) is 0 Å². The molecule has 2 heterocycles. The van der Waals surface area contributed by atoms with Gasteiger partial charge >= 0.3 is 0 Å². The maximum absolute atomic E-state index is 6.24. The van der Waals surface area contributed by atoms with Crippen LogP contribution in [-0.4, -0.2) is 44.5 Å². The van der Waals surface area contributed by atoms with Gasteiger partial charge in [-0.3, -0.25) is 0 Å². The largest absolute Gasteiger partial charge is 0.351 e. The van der Waals surface area contributed by atoms with E-state index in [1.807, 2.05) is 0 Å². The van der Waals surface area contributed by atoms with Crippen molar-refractivity contribution in [2.75, 3.05) is 20.3 Å². The molecule has 7 atom stereocenters. The van der Waals surface area contributed by atoms with E-state index in [4.69, 9.17) is 29.7 Å². The normalized spacial score (nSPS) is 47.0. The highest BCUT2D eigenvalue weighted by Crippen LogP contribution is 2.55. The lowest BCUT2D eigenvalue weighted by molar-refractivity contribution is -0.464. The molecule has 3 rings (SSSR count). The summed E-state index contributed by atoms with van der Waals surface area (Å²) in [4.78, 5) is 11.2. The number of hydrogen-bond acceptors (Lipinski definition) is 6. The molecule has 2 saturated heterocycles. The Labute approximate surface area is 138 Å². The standard InChI is InChI=1S/C17H31NO5/c1-11-7-8-13-5-4-6-14-12(2)15(20-10-9-18)22-16(21-11)17(13,14)23-19-3/h11-16H,4-10,18H2,1-3H3/t11?,12?,13?,14?,15?,16?,17-/m1/s1. The van der Waals surface area contributed by atoms with E-state index in [1.54, 1.807) is 7.11 Å². The molecule has 6 unspecified atom stereocenters. The van der Waals surface area contributed by atoms with Crippen molar-refractivity contribution in [2.24, 2.45) is 23.5 Å². The molecular weight excluding hydrogens is 298 g/mol. The molecule has 2 N–H and O–H groups in total. The van der Waals surface area contributed by atoms with Crippen molar-refractivity contribution < 1.29 is 24.0 Å². The van der Waals surface area contributed by atoms with Gasteiger partial charge in [-0.25, -0.2) is 9.78 Å². The van der Waals surface area contributed by atoms with Gasteiger partial charge in [-0.15, -0.1) is 0 Å². The number of ether oxygens (including phenoxy) is 3. The van der Waals surface area contributed by atoms with Crippen LogP contribution in [-0.2, 0) is 24.0 Å². The maximum atomic E-state index is 6.24. The molecule has 23 heavy (non-hydrogen) atoms. The van der Waals surface area contributed by atoms with Crippen LogP contribution in [0.15, 0.2) is 0 Å². The zero-order chi connectivity index (χ0) is 16.4. The van der Waals surface area contributed by atoms with Crippen molar-refractivity contribution in [1.29, 1.82) is 0 Å². The molecule has 0 amide bonds. The summed E-state index contributed by atoms with van der Waals surface area (Å²) in [6.07, 6.45) is 4.93. The summed E-state index contributed by atoms with van der Waals surface area (Å²) in [6.45, 7) is 5.26. The van der Waals surface area contributed by atoms with E-state index in [0.717, 1.165) is 25.7 Å². The summed E-state index contributed by atoms with van der Waals surface area (Å²) in [5, 5.41) is 0. The van der Waals surface area contributed by atoms with Crippen molar-refractivity contribution >= 4 is 0 Å². The van der Waals surface area contributed by atoms with Gasteiger partial charge in [0.05, 0.1) is 19.8 Å². The first-order chi connectivity index (χ1) is 11.1. The SMILES string of the molecule is COO[C@]12C3CCCC1C(C)C(OCCN)OC2OC(C)CC3. The van der Waals surface area contributed by atoms with Gasteiger partial charge in [0.15, 0.2) is 18.2 Å². The minimum atomic E-state index is -0.528. The molecule has 3 fully saturated rings. The Morgan fingerprint density at radius 3 is 2.70 bits per heavy atom. The summed E-state index contributed by atoms with van der Waals surface area (Å²) >= 11 is 0. The van der Waals surface area contributed by atoms with Gasteiger partial charge in [0.2, 0.25) is 0 Å². The van der Waals surface area contributed by atoms with Crippen LogP contribution in [0.2, 0.25) is 0 Å². The quantitative estimate of drug-likeness (QED) is 0.616. The van der Waals surface area contributed by atoms with Crippen LogP contribution < -0.4 is 5.73 Å². The zero-order valence-corrected chi connectivity index (χ0v) is 14.5. The van der Waals surface area contributed by atoms with Crippen LogP contribution in [0.5, 0.6) is 0 Å². The summed E-state index contributed by atoms with van der Waals surface area (Å²) in [5.74, 6) is 0.912. The first-order valence-electron chi connectivity index (χ1n) is 8.97. The van der Waals surface area contributed by atoms with E-state index in [-0.39, 0.29) is 18.3 Å². The van der Waals surface area contributed by atoms with Gasteiger partial charge in [0, 0.05) is 18.4 Å². The van der Waals surface area contributed by atoms with Crippen LogP contribution in [0.4, 0.5) is 0 Å². The van der Waals surface area contributed by atoms with E-state index in [9.17, 15) is 0 Å². The maximum Gasteiger partial charge on any atom is 0.193 e. The minimum absolute atomic E-state index is 0.146. The molecule has 0 aromatic heterocycles. The van der Waals surface area contributed by atoms with Crippen LogP contribution >= 0.6 is 0 Å². The Bertz CT molecular complexity index is 395. The molecule has 134 valence electrons. The van der Waals surface area contributed by atoms with Gasteiger partial charge in [-0.2, -0.15) is 0 Å². The van der Waals surface area contributed by atoms with Crippen molar-refractivity contribution in [3.8, 4) is 0 Å². The van der Waals surface area contributed by atoms with Crippen molar-refractivity contribution in [3.63, 3.8) is 0 Å². The molecule has 0 bridgehead atoms. The Morgan fingerprint density at radius 1 is 1.13 bits per heavy atom. The molecular formula is C17H31NO5. The second-order valence-corrected chi connectivity index (χ2v) is 7.22. The smallest absolute Gasteiger partial charge is 0.193 e. The van der Waals surface area contributed by atoms with Gasteiger partial charge in [-0.05, 0) is 38.5 Å². The lowest BCUT2D eigenvalue weighted by atomic mass is 9.61. The predicted octanol–water partition coefficient (Wildman–Crippen LogP) is 2.21. The van der Waals surface area contributed by atoms with Crippen LogP contribution in [0, 0.1) is 17.8 Å². The topological polar surface area (TPSA) is 72.2 Å². The zero-order valence-electron chi connectivity index (χ0n) is 14.5. The second kappa shape index (κ2) is 7.33. The summed E-state index contributed by atoms with van der Waals surface area (Å²) < 4.78 is 18.3. The summed E-state index contributed by atoms with van der Waals surface area (Å²) in [7, 11) is 1.58. The number of hydrogen-bond donors (Lipinski definition) is 1. The monoisotopic (exact) mass is 329 g/mol. The Hall–Kier alpha value is -0.240. The molecule has 1 saturated carbocycles. The second-order valence-electron chi connectivity index (χ2n) is 7.22. The average molecular weight is 329 g/mol. The average Bonchev–Trinajstić information content (AvgIpc) is 2.67. The van der Waals surface area contributed by atoms with Crippen molar-refractivity contribution in [3.05, 3.63) is 0 Å². The molecule has 6 nitrogen and oxygen atoms in total. The highest BCUT2D eigenvalue weighted by molar-refractivity contribution is 5.05. The number of rotatable bonds is 5. The highest BCUT2D eigenvalue weighted by atomic mass is 17.2. The molecule has 0 aromatic rings. The first kappa shape index (κ1) is 17.6. The van der Waals surface area contributed by atoms with Crippen LogP contribution in [0.1, 0.15) is 46.0 Å². The molecule has 0 radical (unpaired) electrons. The summed E-state index contributed by atoms with van der Waals surface area (Å²) in [6, 6.07) is 0. The van der Waals surface area contributed by atoms with E-state index in [1.165, 1.54) is 6.42 Å². The lowest BCUT2D eigenvalue weighted by Crippen LogP contribution is -2.66. The third-order valence-corrected chi connectivity index (χ3v) is 5.88. The van der Waals surface area contributed by atoms with Gasteiger partial charge < -0.3 is 19.9 Å². The lowest BCUT2D eigenvalue weighted by Gasteiger charge is -2.56. The Morgan fingerprint density at radius 2 is 1.96 bits per heavy atom. The van der Waals surface area contributed by atoms with E-state index in [2.05, 4.69) is 13.8 Å². The minimum Gasteiger partial charge on any atom is -0.351 e. The molecule has 3 aliphatic rings. The predicted molar refractivity (Wildman–Crippen MR) is 84.3 cm³/mol. The molecule has 6 heteroatoms.